The minimum absolute atomic E-state index is 0.0835. The van der Waals surface area contributed by atoms with Crippen LogP contribution in [0.2, 0.25) is 0 Å². The third-order valence-electron chi connectivity index (χ3n) is 4.29. The molecular formula is C20H20N2O4S2. The Bertz CT molecular complexity index is 1130. The van der Waals surface area contributed by atoms with Crippen LogP contribution in [0, 0.1) is 6.92 Å². The Morgan fingerprint density at radius 3 is 2.14 bits per heavy atom. The Kier molecular flexibility index (Phi) is 5.93. The van der Waals surface area contributed by atoms with E-state index in [-0.39, 0.29) is 16.3 Å². The standard InChI is InChI=1S/C20H20N2O4S2/c1-16-9-11-19(12-10-16)28(25,26)22-15-20(17-6-5-13-21-14-17)27(23,24)18-7-3-2-4-8-18/h2-14,20,22H,15H2,1H3/t20-/m0/s1. The van der Waals surface area contributed by atoms with Gasteiger partial charge >= 0.3 is 0 Å². The van der Waals surface area contributed by atoms with Crippen molar-refractivity contribution in [2.75, 3.05) is 6.54 Å². The zero-order valence-electron chi connectivity index (χ0n) is 15.2. The molecule has 0 aliphatic heterocycles. The molecular weight excluding hydrogens is 396 g/mol. The van der Waals surface area contributed by atoms with Crippen molar-refractivity contribution in [2.45, 2.75) is 22.0 Å². The van der Waals surface area contributed by atoms with Gasteiger partial charge in [-0.05, 0) is 42.8 Å². The molecule has 28 heavy (non-hydrogen) atoms. The second-order valence-corrected chi connectivity index (χ2v) is 10.2. The first-order chi connectivity index (χ1) is 13.3. The molecule has 0 fully saturated rings. The average Bonchev–Trinajstić information content (AvgIpc) is 2.70. The first-order valence-corrected chi connectivity index (χ1v) is 11.6. The maximum Gasteiger partial charge on any atom is 0.240 e. The Balaban J connectivity index is 1.94. The van der Waals surface area contributed by atoms with E-state index in [0.29, 0.717) is 5.56 Å². The third kappa shape index (κ3) is 4.46. The molecule has 1 heterocycles. The van der Waals surface area contributed by atoms with E-state index >= 15 is 0 Å². The molecule has 0 amide bonds. The van der Waals surface area contributed by atoms with Crippen molar-refractivity contribution in [1.82, 2.24) is 9.71 Å². The van der Waals surface area contributed by atoms with E-state index in [2.05, 4.69) is 9.71 Å². The van der Waals surface area contributed by atoms with Crippen LogP contribution < -0.4 is 4.72 Å². The number of nitrogens with one attached hydrogen (secondary N) is 1. The summed E-state index contributed by atoms with van der Waals surface area (Å²) in [6.07, 6.45) is 2.97. The van der Waals surface area contributed by atoms with Gasteiger partial charge in [-0.15, -0.1) is 0 Å². The normalized spacial score (nSPS) is 13.2. The number of pyridine rings is 1. The van der Waals surface area contributed by atoms with Gasteiger partial charge in [-0.1, -0.05) is 42.0 Å². The lowest BCUT2D eigenvalue weighted by Crippen LogP contribution is -2.32. The average molecular weight is 417 g/mol. The van der Waals surface area contributed by atoms with Gasteiger partial charge in [0.15, 0.2) is 9.84 Å². The molecule has 1 atom stereocenters. The zero-order valence-corrected chi connectivity index (χ0v) is 16.8. The predicted molar refractivity (Wildman–Crippen MR) is 107 cm³/mol. The van der Waals surface area contributed by atoms with Crippen molar-refractivity contribution in [1.29, 1.82) is 0 Å². The molecule has 0 saturated heterocycles. The molecule has 8 heteroatoms. The number of rotatable bonds is 7. The number of nitrogens with zero attached hydrogens (tertiary/aromatic N) is 1. The summed E-state index contributed by atoms with van der Waals surface area (Å²) in [6, 6.07) is 17.6. The minimum atomic E-state index is -3.86. The van der Waals surface area contributed by atoms with E-state index in [9.17, 15) is 16.8 Å². The Morgan fingerprint density at radius 2 is 1.54 bits per heavy atom. The van der Waals surface area contributed by atoms with Crippen LogP contribution in [0.5, 0.6) is 0 Å². The molecule has 1 aromatic heterocycles. The number of hydrogen-bond donors (Lipinski definition) is 1. The van der Waals surface area contributed by atoms with Crippen LogP contribution in [0.15, 0.2) is 88.9 Å². The lowest BCUT2D eigenvalue weighted by Gasteiger charge is -2.19. The summed E-state index contributed by atoms with van der Waals surface area (Å²) in [7, 11) is -7.69. The van der Waals surface area contributed by atoms with Gasteiger partial charge in [0.1, 0.15) is 5.25 Å². The Hall–Kier alpha value is -2.55. The Morgan fingerprint density at radius 1 is 0.857 bits per heavy atom. The topological polar surface area (TPSA) is 93.2 Å². The maximum absolute atomic E-state index is 13.2. The van der Waals surface area contributed by atoms with Gasteiger partial charge in [0, 0.05) is 18.9 Å². The third-order valence-corrected chi connectivity index (χ3v) is 7.85. The number of hydrogen-bond acceptors (Lipinski definition) is 5. The lowest BCUT2D eigenvalue weighted by molar-refractivity contribution is 0.568. The summed E-state index contributed by atoms with van der Waals surface area (Å²) < 4.78 is 54.0. The highest BCUT2D eigenvalue weighted by Crippen LogP contribution is 2.28. The van der Waals surface area contributed by atoms with E-state index in [1.54, 1.807) is 42.5 Å². The van der Waals surface area contributed by atoms with E-state index in [1.165, 1.54) is 36.7 Å². The molecule has 0 unspecified atom stereocenters. The highest BCUT2D eigenvalue weighted by molar-refractivity contribution is 7.92. The summed E-state index contributed by atoms with van der Waals surface area (Å²) in [5.74, 6) is 0. The summed E-state index contributed by atoms with van der Waals surface area (Å²) >= 11 is 0. The van der Waals surface area contributed by atoms with Gasteiger partial charge in [-0.25, -0.2) is 21.6 Å². The minimum Gasteiger partial charge on any atom is -0.264 e. The fourth-order valence-corrected chi connectivity index (χ4v) is 5.55. The molecule has 0 spiro atoms. The molecule has 0 saturated carbocycles. The van der Waals surface area contributed by atoms with Crippen LogP contribution in [0.25, 0.3) is 0 Å². The SMILES string of the molecule is Cc1ccc(S(=O)(=O)NC[C@@H](c2cccnc2)S(=O)(=O)c2ccccc2)cc1. The van der Waals surface area contributed by atoms with Crippen LogP contribution in [0.4, 0.5) is 0 Å². The first-order valence-electron chi connectivity index (χ1n) is 8.56. The quantitative estimate of drug-likeness (QED) is 0.639. The van der Waals surface area contributed by atoms with Crippen molar-refractivity contribution in [3.05, 3.63) is 90.3 Å². The van der Waals surface area contributed by atoms with Crippen LogP contribution >= 0.6 is 0 Å². The number of sulfonamides is 1. The predicted octanol–water partition coefficient (Wildman–Crippen LogP) is 2.88. The van der Waals surface area contributed by atoms with Gasteiger partial charge in [0.05, 0.1) is 9.79 Å². The monoisotopic (exact) mass is 416 g/mol. The molecule has 0 radical (unpaired) electrons. The zero-order chi connectivity index (χ0) is 20.2. The second kappa shape index (κ2) is 8.22. The smallest absolute Gasteiger partial charge is 0.240 e. The number of benzene rings is 2. The second-order valence-electron chi connectivity index (χ2n) is 6.30. The number of sulfone groups is 1. The summed E-state index contributed by atoms with van der Waals surface area (Å²) in [5, 5.41) is -1.11. The molecule has 0 aliphatic carbocycles. The molecule has 146 valence electrons. The molecule has 3 rings (SSSR count). The fraction of sp³-hybridized carbons (Fsp3) is 0.150. The van der Waals surface area contributed by atoms with Gasteiger partial charge in [0.25, 0.3) is 0 Å². The molecule has 0 aliphatic rings. The van der Waals surface area contributed by atoms with Gasteiger partial charge in [-0.3, -0.25) is 4.98 Å². The Labute approximate surface area is 165 Å². The van der Waals surface area contributed by atoms with Crippen molar-refractivity contribution in [3.8, 4) is 0 Å². The fourth-order valence-electron chi connectivity index (χ4n) is 2.73. The molecule has 6 nitrogen and oxygen atoms in total. The molecule has 2 aromatic carbocycles. The summed E-state index contributed by atoms with van der Waals surface area (Å²) in [4.78, 5) is 4.19. The van der Waals surface area contributed by atoms with Gasteiger partial charge < -0.3 is 0 Å². The van der Waals surface area contributed by atoms with Gasteiger partial charge in [-0.2, -0.15) is 0 Å². The highest BCUT2D eigenvalue weighted by atomic mass is 32.2. The lowest BCUT2D eigenvalue weighted by atomic mass is 10.2. The van der Waals surface area contributed by atoms with Gasteiger partial charge in [0.2, 0.25) is 10.0 Å². The van der Waals surface area contributed by atoms with Crippen molar-refractivity contribution in [3.63, 3.8) is 0 Å². The number of aromatic nitrogens is 1. The van der Waals surface area contributed by atoms with Crippen LogP contribution in [-0.2, 0) is 19.9 Å². The van der Waals surface area contributed by atoms with Crippen LogP contribution in [0.1, 0.15) is 16.4 Å². The van der Waals surface area contributed by atoms with E-state index < -0.39 is 25.1 Å². The number of aryl methyl sites for hydroxylation is 1. The molecule has 0 bridgehead atoms. The van der Waals surface area contributed by atoms with E-state index in [4.69, 9.17) is 0 Å². The highest BCUT2D eigenvalue weighted by Gasteiger charge is 2.30. The molecule has 1 N–H and O–H groups in total. The largest absolute Gasteiger partial charge is 0.264 e. The van der Waals surface area contributed by atoms with Crippen molar-refractivity contribution in [2.24, 2.45) is 0 Å². The van der Waals surface area contributed by atoms with Crippen LogP contribution in [-0.4, -0.2) is 28.4 Å². The summed E-state index contributed by atoms with van der Waals surface area (Å²) in [6.45, 7) is 1.55. The van der Waals surface area contributed by atoms with Crippen LogP contribution in [0.3, 0.4) is 0 Å². The first kappa shape index (κ1) is 20.2. The van der Waals surface area contributed by atoms with Crippen molar-refractivity contribution < 1.29 is 16.8 Å². The van der Waals surface area contributed by atoms with E-state index in [0.717, 1.165) is 5.56 Å². The maximum atomic E-state index is 13.2. The van der Waals surface area contributed by atoms with Crippen molar-refractivity contribution >= 4 is 19.9 Å². The summed E-state index contributed by atoms with van der Waals surface area (Å²) in [5.41, 5.74) is 1.34. The van der Waals surface area contributed by atoms with E-state index in [1.807, 2.05) is 6.92 Å². The molecule has 3 aromatic rings.